The lowest BCUT2D eigenvalue weighted by Gasteiger charge is -1.67. The zero-order chi connectivity index (χ0) is 4.83. The smallest absolute Gasteiger partial charge is 0.142 e. The molecular formula is C4H7NO. The molecule has 2 heteroatoms. The van der Waals surface area contributed by atoms with Crippen LogP contribution in [-0.4, -0.2) is 12.8 Å². The molecule has 0 aromatic carbocycles. The molecule has 0 aliphatic heterocycles. The average molecular weight is 85.1 g/mol. The third kappa shape index (κ3) is 3.37. The number of carbonyl (C=O) groups is 1. The number of rotatable bonds is 2. The molecule has 0 rings (SSSR count). The van der Waals surface area contributed by atoms with Gasteiger partial charge in [-0.3, -0.25) is 4.79 Å². The fraction of sp³-hybridized carbons (Fsp3) is 0.250. The number of aldehydes is 1. The van der Waals surface area contributed by atoms with E-state index in [0.717, 1.165) is 0 Å². The summed E-state index contributed by atoms with van der Waals surface area (Å²) in [5, 5.41) is 0. The molecule has 0 bridgehead atoms. The maximum absolute atomic E-state index is 9.42. The van der Waals surface area contributed by atoms with Crippen LogP contribution in [0, 0.1) is 0 Å². The molecule has 0 heterocycles. The molecule has 0 unspecified atom stereocenters. The van der Waals surface area contributed by atoms with Crippen molar-refractivity contribution in [1.82, 2.24) is 0 Å². The lowest BCUT2D eigenvalue weighted by Crippen LogP contribution is -1.91. The predicted octanol–water partition coefficient (Wildman–Crippen LogP) is -0.300. The van der Waals surface area contributed by atoms with Crippen LogP contribution in [-0.2, 0) is 4.79 Å². The van der Waals surface area contributed by atoms with E-state index in [1.165, 1.54) is 6.08 Å². The molecule has 0 saturated carbocycles. The Bertz CT molecular complexity index is 58.6. The van der Waals surface area contributed by atoms with E-state index in [2.05, 4.69) is 0 Å². The Labute approximate surface area is 36.6 Å². The van der Waals surface area contributed by atoms with Crippen molar-refractivity contribution in [2.75, 3.05) is 6.54 Å². The first-order valence-electron chi connectivity index (χ1n) is 1.72. The van der Waals surface area contributed by atoms with Crippen LogP contribution in [0.3, 0.4) is 0 Å². The van der Waals surface area contributed by atoms with Gasteiger partial charge in [0.1, 0.15) is 6.29 Å². The van der Waals surface area contributed by atoms with Gasteiger partial charge in [0.15, 0.2) is 0 Å². The molecule has 0 aliphatic carbocycles. The van der Waals surface area contributed by atoms with Gasteiger partial charge in [-0.05, 0) is 6.08 Å². The van der Waals surface area contributed by atoms with E-state index in [4.69, 9.17) is 5.73 Å². The number of hydrogen-bond acceptors (Lipinski definition) is 2. The molecule has 0 aromatic rings. The molecule has 6 heavy (non-hydrogen) atoms. The van der Waals surface area contributed by atoms with E-state index in [1.54, 1.807) is 6.08 Å². The first-order valence-corrected chi connectivity index (χ1v) is 1.72. The van der Waals surface area contributed by atoms with E-state index >= 15 is 0 Å². The molecule has 2 nitrogen and oxygen atoms in total. The van der Waals surface area contributed by atoms with Gasteiger partial charge in [-0.25, -0.2) is 0 Å². The molecule has 0 spiro atoms. The summed E-state index contributed by atoms with van der Waals surface area (Å²) in [7, 11) is 0. The minimum absolute atomic E-state index is 0.443. The van der Waals surface area contributed by atoms with Crippen LogP contribution in [0.5, 0.6) is 0 Å². The van der Waals surface area contributed by atoms with Crippen LogP contribution in [0.4, 0.5) is 0 Å². The van der Waals surface area contributed by atoms with Crippen LogP contribution in [0.2, 0.25) is 0 Å². The van der Waals surface area contributed by atoms with Gasteiger partial charge in [-0.1, -0.05) is 6.08 Å². The summed E-state index contributed by atoms with van der Waals surface area (Å²) in [5.41, 5.74) is 4.97. The van der Waals surface area contributed by atoms with Gasteiger partial charge in [0.25, 0.3) is 0 Å². The molecule has 0 aliphatic rings. The number of allylic oxidation sites excluding steroid dienone is 1. The standard InChI is InChI=1S/C4H7NO/c5-3-1-2-4-6/h1-2,4H,3,5H2/b2-1+. The maximum atomic E-state index is 9.42. The van der Waals surface area contributed by atoms with Gasteiger partial charge in [-0.15, -0.1) is 0 Å². The van der Waals surface area contributed by atoms with Crippen LogP contribution < -0.4 is 5.73 Å². The highest BCUT2D eigenvalue weighted by atomic mass is 16.1. The van der Waals surface area contributed by atoms with Crippen molar-refractivity contribution < 1.29 is 4.79 Å². The molecule has 34 valence electrons. The topological polar surface area (TPSA) is 43.1 Å². The van der Waals surface area contributed by atoms with Gasteiger partial charge >= 0.3 is 0 Å². The minimum atomic E-state index is 0.443. The van der Waals surface area contributed by atoms with Crippen molar-refractivity contribution in [1.29, 1.82) is 0 Å². The van der Waals surface area contributed by atoms with Crippen LogP contribution in [0.15, 0.2) is 12.2 Å². The summed E-state index contributed by atoms with van der Waals surface area (Å²) < 4.78 is 0. The molecule has 0 saturated heterocycles. The van der Waals surface area contributed by atoms with E-state index in [0.29, 0.717) is 12.8 Å². The molecule has 0 fully saturated rings. The highest BCUT2D eigenvalue weighted by Crippen LogP contribution is 1.56. The van der Waals surface area contributed by atoms with E-state index < -0.39 is 0 Å². The zero-order valence-electron chi connectivity index (χ0n) is 3.42. The second kappa shape index (κ2) is 4.37. The van der Waals surface area contributed by atoms with Gasteiger partial charge in [0.05, 0.1) is 0 Å². The number of hydrogen-bond donors (Lipinski definition) is 1. The normalized spacial score (nSPS) is 9.50. The van der Waals surface area contributed by atoms with Crippen molar-refractivity contribution in [2.45, 2.75) is 0 Å². The first-order chi connectivity index (χ1) is 2.91. The second-order valence-electron chi connectivity index (χ2n) is 0.800. The van der Waals surface area contributed by atoms with Crippen LogP contribution >= 0.6 is 0 Å². The lowest BCUT2D eigenvalue weighted by atomic mass is 10.5. The highest BCUT2D eigenvalue weighted by Gasteiger charge is 1.58. The summed E-state index contributed by atoms with van der Waals surface area (Å²) in [4.78, 5) is 9.42. The van der Waals surface area contributed by atoms with E-state index in [1.807, 2.05) is 0 Å². The minimum Gasteiger partial charge on any atom is -0.327 e. The molecule has 0 amide bonds. The SMILES string of the molecule is NC/C=C/C=O. The zero-order valence-corrected chi connectivity index (χ0v) is 3.42. The van der Waals surface area contributed by atoms with Crippen LogP contribution in [0.1, 0.15) is 0 Å². The predicted molar refractivity (Wildman–Crippen MR) is 24.3 cm³/mol. The monoisotopic (exact) mass is 85.1 g/mol. The third-order valence-electron chi connectivity index (χ3n) is 0.351. The molecule has 0 radical (unpaired) electrons. The van der Waals surface area contributed by atoms with Crippen molar-refractivity contribution in [2.24, 2.45) is 5.73 Å². The Morgan fingerprint density at radius 1 is 1.67 bits per heavy atom. The molecule has 2 N–H and O–H groups in total. The Morgan fingerprint density at radius 2 is 2.33 bits per heavy atom. The molecule has 0 aromatic heterocycles. The van der Waals surface area contributed by atoms with Crippen molar-refractivity contribution in [3.63, 3.8) is 0 Å². The summed E-state index contributed by atoms with van der Waals surface area (Å²) in [6, 6.07) is 0. The Kier molecular flexibility index (Phi) is 3.91. The number of carbonyl (C=O) groups excluding carboxylic acids is 1. The van der Waals surface area contributed by atoms with Crippen LogP contribution in [0.25, 0.3) is 0 Å². The van der Waals surface area contributed by atoms with E-state index in [-0.39, 0.29) is 0 Å². The van der Waals surface area contributed by atoms with Crippen molar-refractivity contribution in [3.05, 3.63) is 12.2 Å². The Balaban J connectivity index is 2.94. The quantitative estimate of drug-likeness (QED) is 0.369. The van der Waals surface area contributed by atoms with Gasteiger partial charge in [0.2, 0.25) is 0 Å². The molecule has 0 atom stereocenters. The fourth-order valence-electron chi connectivity index (χ4n) is 0.134. The highest BCUT2D eigenvalue weighted by molar-refractivity contribution is 5.64. The van der Waals surface area contributed by atoms with Gasteiger partial charge in [-0.2, -0.15) is 0 Å². The van der Waals surface area contributed by atoms with Gasteiger partial charge in [0, 0.05) is 6.54 Å². The van der Waals surface area contributed by atoms with E-state index in [9.17, 15) is 4.79 Å². The number of nitrogens with two attached hydrogens (primary N) is 1. The molecular weight excluding hydrogens is 78.0 g/mol. The fourth-order valence-corrected chi connectivity index (χ4v) is 0.134. The second-order valence-corrected chi connectivity index (χ2v) is 0.800. The van der Waals surface area contributed by atoms with Crippen molar-refractivity contribution >= 4 is 6.29 Å². The maximum Gasteiger partial charge on any atom is 0.142 e. The summed E-state index contributed by atoms with van der Waals surface area (Å²) in [5.74, 6) is 0. The Morgan fingerprint density at radius 3 is 2.50 bits per heavy atom. The third-order valence-corrected chi connectivity index (χ3v) is 0.351. The lowest BCUT2D eigenvalue weighted by molar-refractivity contribution is -0.104. The summed E-state index contributed by atoms with van der Waals surface area (Å²) >= 11 is 0. The Hall–Kier alpha value is -0.630. The summed E-state index contributed by atoms with van der Waals surface area (Å²) in [6.07, 6.45) is 3.67. The average Bonchev–Trinajstić information content (AvgIpc) is 1.61. The largest absolute Gasteiger partial charge is 0.327 e. The van der Waals surface area contributed by atoms with Gasteiger partial charge < -0.3 is 5.73 Å². The van der Waals surface area contributed by atoms with Crippen molar-refractivity contribution in [3.8, 4) is 0 Å². The summed E-state index contributed by atoms with van der Waals surface area (Å²) in [6.45, 7) is 0.443. The first kappa shape index (κ1) is 5.37.